The second-order valence-corrected chi connectivity index (χ2v) is 10.2. The maximum Gasteiger partial charge on any atom is 0.256 e. The number of methoxy groups -OCH3 is 1. The van der Waals surface area contributed by atoms with Crippen molar-refractivity contribution in [2.45, 2.75) is 38.3 Å². The Kier molecular flexibility index (Phi) is 7.02. The number of fused-ring (bicyclic) bond motifs is 1. The number of para-hydroxylation sites is 1. The summed E-state index contributed by atoms with van der Waals surface area (Å²) in [5, 5.41) is 6.30. The van der Waals surface area contributed by atoms with E-state index in [0.717, 1.165) is 47.7 Å². The number of aromatic nitrogens is 5. The maximum absolute atomic E-state index is 13.9. The number of ether oxygens (including phenoxy) is 1. The fraction of sp³-hybridized carbons (Fsp3) is 0.267. The zero-order valence-electron chi connectivity index (χ0n) is 21.7. The number of aromatic amines is 1. The molecule has 1 N–H and O–H groups in total. The molecule has 0 spiro atoms. The van der Waals surface area contributed by atoms with Crippen molar-refractivity contribution in [2.24, 2.45) is 0 Å². The number of amides is 1. The Bertz CT molecular complexity index is 1610. The number of H-pyrrole nitrogens is 1. The quantitative estimate of drug-likeness (QED) is 0.252. The highest BCUT2D eigenvalue weighted by atomic mass is 35.5. The molecule has 0 aliphatic heterocycles. The lowest BCUT2D eigenvalue weighted by molar-refractivity contribution is 0.0674. The highest BCUT2D eigenvalue weighted by Crippen LogP contribution is 2.31. The maximum atomic E-state index is 13.9. The molecule has 6 rings (SSSR count). The van der Waals surface area contributed by atoms with Gasteiger partial charge in [-0.25, -0.2) is 9.67 Å². The summed E-state index contributed by atoms with van der Waals surface area (Å²) < 4.78 is 7.21. The summed E-state index contributed by atoms with van der Waals surface area (Å²) in [6, 6.07) is 17.5. The molecule has 0 radical (unpaired) electrons. The molecule has 1 saturated carbocycles. The van der Waals surface area contributed by atoms with Gasteiger partial charge in [0.05, 0.1) is 24.2 Å². The predicted molar refractivity (Wildman–Crippen MR) is 152 cm³/mol. The number of benzene rings is 2. The van der Waals surface area contributed by atoms with Gasteiger partial charge in [0.1, 0.15) is 5.75 Å². The van der Waals surface area contributed by atoms with Crippen molar-refractivity contribution in [1.82, 2.24) is 29.6 Å². The van der Waals surface area contributed by atoms with Crippen molar-refractivity contribution < 1.29 is 9.53 Å². The van der Waals surface area contributed by atoms with Crippen LogP contribution >= 0.6 is 11.6 Å². The molecule has 198 valence electrons. The monoisotopic (exact) mass is 540 g/mol. The summed E-state index contributed by atoms with van der Waals surface area (Å²) in [5.74, 6) is 1.91. The van der Waals surface area contributed by atoms with E-state index in [9.17, 15) is 4.79 Å². The van der Waals surface area contributed by atoms with Gasteiger partial charge in [-0.15, -0.1) is 0 Å². The summed E-state index contributed by atoms with van der Waals surface area (Å²) in [4.78, 5) is 28.2. The molecule has 39 heavy (non-hydrogen) atoms. The van der Waals surface area contributed by atoms with Crippen LogP contribution < -0.4 is 4.74 Å². The third-order valence-electron chi connectivity index (χ3n) is 7.42. The number of halogens is 1. The zero-order valence-corrected chi connectivity index (χ0v) is 22.4. The third kappa shape index (κ3) is 5.00. The smallest absolute Gasteiger partial charge is 0.256 e. The van der Waals surface area contributed by atoms with Crippen LogP contribution in [0.3, 0.4) is 0 Å². The Morgan fingerprint density at radius 1 is 1.10 bits per heavy atom. The molecule has 1 aliphatic carbocycles. The van der Waals surface area contributed by atoms with Crippen molar-refractivity contribution in [1.29, 1.82) is 0 Å². The highest BCUT2D eigenvalue weighted by molar-refractivity contribution is 6.32. The second-order valence-electron chi connectivity index (χ2n) is 9.75. The first-order chi connectivity index (χ1) is 19.1. The normalized spacial score (nSPS) is 13.7. The Morgan fingerprint density at radius 3 is 2.67 bits per heavy atom. The van der Waals surface area contributed by atoms with Crippen LogP contribution in [0.4, 0.5) is 0 Å². The van der Waals surface area contributed by atoms with Crippen LogP contribution in [-0.2, 0) is 6.54 Å². The lowest BCUT2D eigenvalue weighted by Gasteiger charge is -2.29. The average Bonchev–Trinajstić information content (AvgIpc) is 3.74. The van der Waals surface area contributed by atoms with Crippen molar-refractivity contribution in [3.63, 3.8) is 0 Å². The van der Waals surface area contributed by atoms with Gasteiger partial charge in [-0.2, -0.15) is 5.10 Å². The van der Waals surface area contributed by atoms with E-state index < -0.39 is 0 Å². The molecule has 3 heterocycles. The number of nitrogens with one attached hydrogen (secondary N) is 1. The van der Waals surface area contributed by atoms with Gasteiger partial charge >= 0.3 is 0 Å². The molecule has 8 nitrogen and oxygen atoms in total. The second kappa shape index (κ2) is 10.9. The van der Waals surface area contributed by atoms with Crippen LogP contribution in [0, 0.1) is 0 Å². The lowest BCUT2D eigenvalue weighted by Crippen LogP contribution is -2.41. The number of carbonyl (C=O) groups excluding carboxylic acids is 1. The summed E-state index contributed by atoms with van der Waals surface area (Å²) in [6.45, 7) is 1.00. The SMILES string of the molecule is COc1ccc(-c2nc(-c3ccncc3)nn2CCN(C(=O)c2c[nH]c3ccccc23)C2CCCC2)cc1Cl. The van der Waals surface area contributed by atoms with Gasteiger partial charge in [-0.3, -0.25) is 9.78 Å². The lowest BCUT2D eigenvalue weighted by atomic mass is 10.1. The minimum absolute atomic E-state index is 0.0443. The molecule has 2 aromatic carbocycles. The van der Waals surface area contributed by atoms with E-state index in [4.69, 9.17) is 26.4 Å². The minimum Gasteiger partial charge on any atom is -0.495 e. The molecule has 0 saturated heterocycles. The molecule has 3 aromatic heterocycles. The van der Waals surface area contributed by atoms with Gasteiger partial charge in [-0.1, -0.05) is 42.6 Å². The van der Waals surface area contributed by atoms with Crippen LogP contribution in [0.2, 0.25) is 5.02 Å². The number of carbonyl (C=O) groups is 1. The van der Waals surface area contributed by atoms with E-state index in [0.29, 0.717) is 41.1 Å². The van der Waals surface area contributed by atoms with Gasteiger partial charge < -0.3 is 14.6 Å². The van der Waals surface area contributed by atoms with Gasteiger partial charge in [0.2, 0.25) is 0 Å². The predicted octanol–water partition coefficient (Wildman–Crippen LogP) is 6.24. The Labute approximate surface area is 231 Å². The Balaban J connectivity index is 1.35. The third-order valence-corrected chi connectivity index (χ3v) is 7.71. The van der Waals surface area contributed by atoms with Crippen molar-refractivity contribution in [3.8, 4) is 28.5 Å². The highest BCUT2D eigenvalue weighted by Gasteiger charge is 2.29. The number of nitrogens with zero attached hydrogens (tertiary/aromatic N) is 5. The molecule has 0 atom stereocenters. The summed E-state index contributed by atoms with van der Waals surface area (Å²) >= 11 is 6.47. The molecular formula is C30H29ClN6O2. The van der Waals surface area contributed by atoms with E-state index >= 15 is 0 Å². The number of rotatable bonds is 8. The minimum atomic E-state index is 0.0443. The fourth-order valence-electron chi connectivity index (χ4n) is 5.41. The van der Waals surface area contributed by atoms with Gasteiger partial charge in [0, 0.05) is 53.2 Å². The van der Waals surface area contributed by atoms with Gasteiger partial charge in [-0.05, 0) is 49.2 Å². The number of pyridine rings is 1. The summed E-state index contributed by atoms with van der Waals surface area (Å²) in [7, 11) is 1.59. The average molecular weight is 541 g/mol. The Hall–Kier alpha value is -4.17. The van der Waals surface area contributed by atoms with Crippen molar-refractivity contribution in [2.75, 3.05) is 13.7 Å². The molecule has 1 fully saturated rings. The summed E-state index contributed by atoms with van der Waals surface area (Å²) in [5.41, 5.74) is 3.36. The van der Waals surface area contributed by atoms with Crippen molar-refractivity contribution >= 4 is 28.4 Å². The number of hydrogen-bond acceptors (Lipinski definition) is 5. The first-order valence-electron chi connectivity index (χ1n) is 13.2. The Morgan fingerprint density at radius 2 is 1.90 bits per heavy atom. The molecule has 0 unspecified atom stereocenters. The van der Waals surface area contributed by atoms with E-state index in [1.54, 1.807) is 19.5 Å². The zero-order chi connectivity index (χ0) is 26.8. The largest absolute Gasteiger partial charge is 0.495 e. The van der Waals surface area contributed by atoms with E-state index in [2.05, 4.69) is 9.97 Å². The van der Waals surface area contributed by atoms with Gasteiger partial charge in [0.15, 0.2) is 11.6 Å². The molecule has 9 heteroatoms. The standard InChI is InChI=1S/C30H29ClN6O2/c1-39-27-11-10-21(18-25(27)31)29-34-28(20-12-14-32-15-13-20)35-37(29)17-16-36(22-6-2-3-7-22)30(38)24-19-33-26-9-5-4-8-23(24)26/h4-5,8-15,18-19,22,33H,2-3,6-7,16-17H2,1H3. The summed E-state index contributed by atoms with van der Waals surface area (Å²) in [6.07, 6.45) is 9.56. The van der Waals surface area contributed by atoms with E-state index in [-0.39, 0.29) is 11.9 Å². The van der Waals surface area contributed by atoms with Crippen LogP contribution in [0.25, 0.3) is 33.7 Å². The van der Waals surface area contributed by atoms with Crippen LogP contribution in [0.1, 0.15) is 36.0 Å². The number of hydrogen-bond donors (Lipinski definition) is 1. The molecule has 1 aliphatic rings. The van der Waals surface area contributed by atoms with Gasteiger partial charge in [0.25, 0.3) is 5.91 Å². The van der Waals surface area contributed by atoms with Crippen LogP contribution in [-0.4, -0.2) is 55.2 Å². The topological polar surface area (TPSA) is 88.9 Å². The van der Waals surface area contributed by atoms with Crippen LogP contribution in [0.5, 0.6) is 5.75 Å². The first kappa shape index (κ1) is 25.1. The molecule has 1 amide bonds. The molecule has 5 aromatic rings. The van der Waals surface area contributed by atoms with Crippen molar-refractivity contribution in [3.05, 3.63) is 83.8 Å². The first-order valence-corrected chi connectivity index (χ1v) is 13.6. The van der Waals surface area contributed by atoms with Crippen LogP contribution in [0.15, 0.2) is 73.2 Å². The van der Waals surface area contributed by atoms with E-state index in [1.165, 1.54) is 0 Å². The fourth-order valence-corrected chi connectivity index (χ4v) is 5.67. The van der Waals surface area contributed by atoms with E-state index in [1.807, 2.05) is 70.4 Å². The molecular weight excluding hydrogens is 512 g/mol. The molecule has 0 bridgehead atoms.